The molecule has 0 saturated heterocycles. The van der Waals surface area contributed by atoms with Crippen LogP contribution in [0.5, 0.6) is 0 Å². The molecule has 0 fully saturated rings. The van der Waals surface area contributed by atoms with Gasteiger partial charge in [0.05, 0.1) is 5.25 Å². The Kier molecular flexibility index (Phi) is 4.06. The maximum atomic E-state index is 12.1. The van der Waals surface area contributed by atoms with Crippen molar-refractivity contribution in [3.8, 4) is 0 Å². The number of aryl methyl sites for hydroxylation is 1. The first-order valence-corrected chi connectivity index (χ1v) is 6.63. The molecule has 19 heavy (non-hydrogen) atoms. The van der Waals surface area contributed by atoms with Crippen molar-refractivity contribution in [1.29, 1.82) is 0 Å². The minimum Gasteiger partial charge on any atom is -0.399 e. The van der Waals surface area contributed by atoms with Crippen LogP contribution in [0.3, 0.4) is 0 Å². The van der Waals surface area contributed by atoms with Gasteiger partial charge in [-0.05, 0) is 37.6 Å². The van der Waals surface area contributed by atoms with Crippen LogP contribution in [0.15, 0.2) is 29.7 Å². The summed E-state index contributed by atoms with van der Waals surface area (Å²) in [6.07, 6.45) is 1.41. The first kappa shape index (κ1) is 13.4. The van der Waals surface area contributed by atoms with E-state index in [9.17, 15) is 4.79 Å². The van der Waals surface area contributed by atoms with Gasteiger partial charge in [-0.25, -0.2) is 4.98 Å². The van der Waals surface area contributed by atoms with Crippen LogP contribution < -0.4 is 11.1 Å². The van der Waals surface area contributed by atoms with Crippen LogP contribution in [-0.2, 0) is 4.79 Å². The number of thioether (sulfide) groups is 1. The number of benzene rings is 1. The quantitative estimate of drug-likeness (QED) is 0.585. The molecule has 0 radical (unpaired) electrons. The fraction of sp³-hybridized carbons (Fsp3) is 0.250. The van der Waals surface area contributed by atoms with Crippen molar-refractivity contribution in [2.75, 3.05) is 11.1 Å². The Hall–Kier alpha value is -2.02. The highest BCUT2D eigenvalue weighted by molar-refractivity contribution is 8.00. The monoisotopic (exact) mass is 277 g/mol. The molecule has 0 bridgehead atoms. The van der Waals surface area contributed by atoms with Gasteiger partial charge in [0.1, 0.15) is 6.33 Å². The van der Waals surface area contributed by atoms with Crippen molar-refractivity contribution in [2.24, 2.45) is 0 Å². The lowest BCUT2D eigenvalue weighted by atomic mass is 10.2. The Bertz CT molecular complexity index is 570. The molecular weight excluding hydrogens is 262 g/mol. The third-order valence-electron chi connectivity index (χ3n) is 2.56. The third-order valence-corrected chi connectivity index (χ3v) is 3.55. The average molecular weight is 277 g/mol. The minimum atomic E-state index is -0.273. The zero-order valence-electron chi connectivity index (χ0n) is 10.7. The zero-order chi connectivity index (χ0) is 13.8. The number of anilines is 2. The Morgan fingerprint density at radius 3 is 2.95 bits per heavy atom. The summed E-state index contributed by atoms with van der Waals surface area (Å²) < 4.78 is 0. The van der Waals surface area contributed by atoms with Gasteiger partial charge < -0.3 is 11.1 Å². The summed E-state index contributed by atoms with van der Waals surface area (Å²) in [5, 5.41) is 9.67. The number of nitrogens with two attached hydrogens (primary N) is 1. The Balaban J connectivity index is 2.00. The highest BCUT2D eigenvalue weighted by Crippen LogP contribution is 2.22. The number of nitrogens with zero attached hydrogens (tertiary/aromatic N) is 2. The van der Waals surface area contributed by atoms with E-state index in [-0.39, 0.29) is 11.2 Å². The number of carbonyl (C=O) groups excluding carboxylic acids is 1. The van der Waals surface area contributed by atoms with Crippen molar-refractivity contribution >= 4 is 29.0 Å². The van der Waals surface area contributed by atoms with Crippen molar-refractivity contribution < 1.29 is 4.79 Å². The molecule has 1 aromatic carbocycles. The van der Waals surface area contributed by atoms with Crippen molar-refractivity contribution in [3.63, 3.8) is 0 Å². The fourth-order valence-corrected chi connectivity index (χ4v) is 2.25. The third kappa shape index (κ3) is 3.47. The Morgan fingerprint density at radius 2 is 2.32 bits per heavy atom. The maximum Gasteiger partial charge on any atom is 0.237 e. The molecule has 1 heterocycles. The Labute approximate surface area is 115 Å². The number of aromatic amines is 1. The van der Waals surface area contributed by atoms with E-state index in [0.29, 0.717) is 10.8 Å². The summed E-state index contributed by atoms with van der Waals surface area (Å²) in [7, 11) is 0. The number of amides is 1. The second kappa shape index (κ2) is 5.75. The molecule has 0 aliphatic rings. The lowest BCUT2D eigenvalue weighted by Gasteiger charge is -2.12. The van der Waals surface area contributed by atoms with Crippen LogP contribution in [-0.4, -0.2) is 26.3 Å². The lowest BCUT2D eigenvalue weighted by molar-refractivity contribution is -0.115. The molecule has 1 aromatic heterocycles. The molecule has 0 aliphatic heterocycles. The topological polar surface area (TPSA) is 96.7 Å². The number of carbonyl (C=O) groups is 1. The number of nitrogen functional groups attached to an aromatic ring is 1. The van der Waals surface area contributed by atoms with E-state index in [4.69, 9.17) is 5.73 Å². The summed E-state index contributed by atoms with van der Waals surface area (Å²) in [5.41, 5.74) is 8.06. The van der Waals surface area contributed by atoms with Crippen molar-refractivity contribution in [1.82, 2.24) is 15.2 Å². The van der Waals surface area contributed by atoms with Gasteiger partial charge in [0, 0.05) is 11.4 Å². The lowest BCUT2D eigenvalue weighted by Crippen LogP contribution is -2.23. The first-order valence-electron chi connectivity index (χ1n) is 5.75. The molecular formula is C12H15N5OS. The van der Waals surface area contributed by atoms with Gasteiger partial charge in [0.2, 0.25) is 5.91 Å². The summed E-state index contributed by atoms with van der Waals surface area (Å²) in [4.78, 5) is 16.0. The van der Waals surface area contributed by atoms with E-state index in [1.54, 1.807) is 12.1 Å². The summed E-state index contributed by atoms with van der Waals surface area (Å²) in [5.74, 6) is -0.0886. The molecule has 6 nitrogen and oxygen atoms in total. The van der Waals surface area contributed by atoms with Crippen molar-refractivity contribution in [2.45, 2.75) is 24.3 Å². The van der Waals surface area contributed by atoms with E-state index >= 15 is 0 Å². The van der Waals surface area contributed by atoms with Crippen LogP contribution in [0, 0.1) is 6.92 Å². The number of hydrogen-bond acceptors (Lipinski definition) is 5. The molecule has 0 saturated carbocycles. The molecule has 100 valence electrons. The normalized spacial score (nSPS) is 12.1. The van der Waals surface area contributed by atoms with E-state index in [2.05, 4.69) is 20.5 Å². The van der Waals surface area contributed by atoms with Crippen LogP contribution in [0.2, 0.25) is 0 Å². The molecule has 4 N–H and O–H groups in total. The van der Waals surface area contributed by atoms with Crippen LogP contribution in [0.1, 0.15) is 12.5 Å². The van der Waals surface area contributed by atoms with E-state index in [1.807, 2.05) is 19.9 Å². The van der Waals surface area contributed by atoms with Crippen LogP contribution in [0.4, 0.5) is 11.4 Å². The van der Waals surface area contributed by atoms with Gasteiger partial charge in [-0.15, -0.1) is 0 Å². The van der Waals surface area contributed by atoms with Gasteiger partial charge >= 0.3 is 0 Å². The predicted molar refractivity (Wildman–Crippen MR) is 75.9 cm³/mol. The summed E-state index contributed by atoms with van der Waals surface area (Å²) in [6, 6.07) is 5.38. The smallest absolute Gasteiger partial charge is 0.237 e. The minimum absolute atomic E-state index is 0.0886. The maximum absolute atomic E-state index is 12.1. The molecule has 2 rings (SSSR count). The van der Waals surface area contributed by atoms with Gasteiger partial charge in [0.25, 0.3) is 0 Å². The molecule has 1 atom stereocenters. The highest BCUT2D eigenvalue weighted by Gasteiger charge is 2.16. The summed E-state index contributed by atoms with van der Waals surface area (Å²) >= 11 is 1.32. The molecule has 7 heteroatoms. The zero-order valence-corrected chi connectivity index (χ0v) is 11.5. The van der Waals surface area contributed by atoms with Crippen LogP contribution >= 0.6 is 11.8 Å². The second-order valence-corrected chi connectivity index (χ2v) is 5.44. The molecule has 0 aliphatic carbocycles. The van der Waals surface area contributed by atoms with Crippen molar-refractivity contribution in [3.05, 3.63) is 30.1 Å². The molecule has 0 spiro atoms. The average Bonchev–Trinajstić information content (AvgIpc) is 2.85. The predicted octanol–water partition coefficient (Wildman–Crippen LogP) is 1.81. The highest BCUT2D eigenvalue weighted by atomic mass is 32.2. The standard InChI is InChI=1S/C12H15N5OS/c1-7-5-9(13)3-4-10(7)16-11(18)8(2)19-12-14-6-15-17-12/h3-6,8H,13H2,1-2H3,(H,16,18)(H,14,15,17). The molecule has 2 aromatic rings. The largest absolute Gasteiger partial charge is 0.399 e. The van der Waals surface area contributed by atoms with Gasteiger partial charge in [0.15, 0.2) is 5.16 Å². The second-order valence-electron chi connectivity index (χ2n) is 4.11. The van der Waals surface area contributed by atoms with Gasteiger partial charge in [-0.3, -0.25) is 9.89 Å². The SMILES string of the molecule is Cc1cc(N)ccc1NC(=O)C(C)Sc1ncn[nH]1. The van der Waals surface area contributed by atoms with E-state index in [1.165, 1.54) is 18.1 Å². The fourth-order valence-electron chi connectivity index (χ4n) is 1.53. The first-order chi connectivity index (χ1) is 9.06. The number of aromatic nitrogens is 3. The van der Waals surface area contributed by atoms with Crippen LogP contribution in [0.25, 0.3) is 0 Å². The Morgan fingerprint density at radius 1 is 1.53 bits per heavy atom. The molecule has 1 amide bonds. The van der Waals surface area contributed by atoms with E-state index < -0.39 is 0 Å². The number of nitrogens with one attached hydrogen (secondary N) is 2. The number of rotatable bonds is 4. The number of hydrogen-bond donors (Lipinski definition) is 3. The van der Waals surface area contributed by atoms with E-state index in [0.717, 1.165) is 11.3 Å². The number of H-pyrrole nitrogens is 1. The summed E-state index contributed by atoms with van der Waals surface area (Å²) in [6.45, 7) is 3.72. The van der Waals surface area contributed by atoms with Gasteiger partial charge in [-0.1, -0.05) is 11.8 Å². The molecule has 1 unspecified atom stereocenters. The van der Waals surface area contributed by atoms with Gasteiger partial charge in [-0.2, -0.15) is 5.10 Å².